The lowest BCUT2D eigenvalue weighted by Gasteiger charge is -2.27. The number of carbonyl (C=O) groups excluding carboxylic acids is 2. The van der Waals surface area contributed by atoms with Crippen LogP contribution in [0.15, 0.2) is 24.5 Å². The molecule has 2 fully saturated rings. The van der Waals surface area contributed by atoms with Gasteiger partial charge in [0.05, 0.1) is 12.5 Å². The van der Waals surface area contributed by atoms with E-state index in [0.717, 1.165) is 18.4 Å². The predicted octanol–water partition coefficient (Wildman–Crippen LogP) is 2.06. The Balaban J connectivity index is 1.51. The highest BCUT2D eigenvalue weighted by Crippen LogP contribution is 2.25. The van der Waals surface area contributed by atoms with E-state index in [1.165, 1.54) is 25.7 Å². The molecule has 1 aliphatic heterocycles. The largest absolute Gasteiger partial charge is 0.351 e. The van der Waals surface area contributed by atoms with Gasteiger partial charge in [0.25, 0.3) is 0 Å². The summed E-state index contributed by atoms with van der Waals surface area (Å²) >= 11 is 0. The fraction of sp³-hybridized carbons (Fsp3) is 0.611. The second-order valence-electron chi connectivity index (χ2n) is 6.70. The SMILES string of the molecule is O=C(Cc1cccnc1)N[C@@H]1CC(=O)N(C2CCCCCC2)C1. The first-order chi connectivity index (χ1) is 11.2. The minimum atomic E-state index is -0.0464. The van der Waals surface area contributed by atoms with Crippen LogP contribution < -0.4 is 5.32 Å². The summed E-state index contributed by atoms with van der Waals surface area (Å²) < 4.78 is 0. The second kappa shape index (κ2) is 7.57. The van der Waals surface area contributed by atoms with E-state index in [-0.39, 0.29) is 17.9 Å². The van der Waals surface area contributed by atoms with Gasteiger partial charge in [-0.3, -0.25) is 14.6 Å². The molecule has 1 atom stereocenters. The summed E-state index contributed by atoms with van der Waals surface area (Å²) in [6, 6.07) is 4.06. The maximum atomic E-state index is 12.3. The van der Waals surface area contributed by atoms with Crippen molar-refractivity contribution < 1.29 is 9.59 Å². The summed E-state index contributed by atoms with van der Waals surface area (Å²) in [5.74, 6) is 0.169. The average molecular weight is 315 g/mol. The standard InChI is InChI=1S/C18H25N3O2/c22-17(10-14-6-5-9-19-12-14)20-15-11-18(23)21(13-15)16-7-3-1-2-4-8-16/h5-6,9,12,15-16H,1-4,7-8,10-11,13H2,(H,20,22)/t15-/m1/s1. The maximum Gasteiger partial charge on any atom is 0.225 e. The van der Waals surface area contributed by atoms with Crippen LogP contribution in [-0.4, -0.2) is 40.3 Å². The van der Waals surface area contributed by atoms with Crippen molar-refractivity contribution in [1.29, 1.82) is 0 Å². The number of hydrogen-bond donors (Lipinski definition) is 1. The van der Waals surface area contributed by atoms with Gasteiger partial charge in [0.2, 0.25) is 11.8 Å². The molecule has 1 aliphatic carbocycles. The Hall–Kier alpha value is -1.91. The maximum absolute atomic E-state index is 12.3. The molecule has 1 aromatic rings. The summed E-state index contributed by atoms with van der Waals surface area (Å²) in [4.78, 5) is 30.5. The molecule has 3 rings (SSSR count). The molecule has 124 valence electrons. The number of hydrogen-bond acceptors (Lipinski definition) is 3. The topological polar surface area (TPSA) is 62.3 Å². The van der Waals surface area contributed by atoms with Gasteiger partial charge in [0.15, 0.2) is 0 Å². The fourth-order valence-corrected chi connectivity index (χ4v) is 3.72. The highest BCUT2D eigenvalue weighted by Gasteiger charge is 2.34. The first kappa shape index (κ1) is 16.0. The summed E-state index contributed by atoms with van der Waals surface area (Å²) in [5.41, 5.74) is 0.898. The van der Waals surface area contributed by atoms with Crippen LogP contribution in [0.4, 0.5) is 0 Å². The first-order valence-corrected chi connectivity index (χ1v) is 8.70. The van der Waals surface area contributed by atoms with Gasteiger partial charge >= 0.3 is 0 Å². The Morgan fingerprint density at radius 1 is 1.26 bits per heavy atom. The lowest BCUT2D eigenvalue weighted by atomic mass is 10.1. The van der Waals surface area contributed by atoms with Gasteiger partial charge in [0.1, 0.15) is 0 Å². The quantitative estimate of drug-likeness (QED) is 0.865. The monoisotopic (exact) mass is 315 g/mol. The molecule has 23 heavy (non-hydrogen) atoms. The smallest absolute Gasteiger partial charge is 0.225 e. The molecule has 0 radical (unpaired) electrons. The Bertz CT molecular complexity index is 538. The lowest BCUT2D eigenvalue weighted by Crippen LogP contribution is -2.41. The molecular weight excluding hydrogens is 290 g/mol. The van der Waals surface area contributed by atoms with Crippen molar-refractivity contribution in [3.63, 3.8) is 0 Å². The van der Waals surface area contributed by atoms with Crippen molar-refractivity contribution in [3.8, 4) is 0 Å². The van der Waals surface area contributed by atoms with E-state index in [4.69, 9.17) is 0 Å². The zero-order valence-corrected chi connectivity index (χ0v) is 13.5. The van der Waals surface area contributed by atoms with Crippen LogP contribution in [0, 0.1) is 0 Å². The first-order valence-electron chi connectivity index (χ1n) is 8.70. The van der Waals surface area contributed by atoms with Gasteiger partial charge < -0.3 is 10.2 Å². The van der Waals surface area contributed by atoms with Gasteiger partial charge in [-0.2, -0.15) is 0 Å². The van der Waals surface area contributed by atoms with E-state index in [2.05, 4.69) is 10.3 Å². The molecule has 5 heteroatoms. The average Bonchev–Trinajstić information content (AvgIpc) is 2.76. The number of nitrogens with one attached hydrogen (secondary N) is 1. The van der Waals surface area contributed by atoms with Crippen LogP contribution in [0.25, 0.3) is 0 Å². The predicted molar refractivity (Wildman–Crippen MR) is 87.7 cm³/mol. The van der Waals surface area contributed by atoms with E-state index in [1.54, 1.807) is 12.4 Å². The molecular formula is C18H25N3O2. The second-order valence-corrected chi connectivity index (χ2v) is 6.70. The van der Waals surface area contributed by atoms with E-state index >= 15 is 0 Å². The van der Waals surface area contributed by atoms with Crippen molar-refractivity contribution >= 4 is 11.8 Å². The van der Waals surface area contributed by atoms with Gasteiger partial charge in [-0.1, -0.05) is 31.7 Å². The molecule has 1 aromatic heterocycles. The number of rotatable bonds is 4. The third kappa shape index (κ3) is 4.30. The molecule has 1 saturated carbocycles. The fourth-order valence-electron chi connectivity index (χ4n) is 3.72. The summed E-state index contributed by atoms with van der Waals surface area (Å²) in [6.07, 6.45) is 11.4. The highest BCUT2D eigenvalue weighted by molar-refractivity contribution is 5.83. The van der Waals surface area contributed by atoms with Crippen molar-refractivity contribution in [1.82, 2.24) is 15.2 Å². The van der Waals surface area contributed by atoms with Gasteiger partial charge in [-0.05, 0) is 24.5 Å². The number of pyridine rings is 1. The van der Waals surface area contributed by atoms with Crippen LogP contribution in [0.5, 0.6) is 0 Å². The number of aromatic nitrogens is 1. The minimum absolute atomic E-state index is 0.0292. The molecule has 5 nitrogen and oxygen atoms in total. The van der Waals surface area contributed by atoms with Crippen molar-refractivity contribution in [2.75, 3.05) is 6.54 Å². The van der Waals surface area contributed by atoms with Gasteiger partial charge in [-0.25, -0.2) is 0 Å². The van der Waals surface area contributed by atoms with Crippen molar-refractivity contribution in [2.45, 2.75) is 63.5 Å². The molecule has 0 bridgehead atoms. The van der Waals surface area contributed by atoms with Crippen LogP contribution >= 0.6 is 0 Å². The van der Waals surface area contributed by atoms with E-state index in [1.807, 2.05) is 17.0 Å². The summed E-state index contributed by atoms with van der Waals surface area (Å²) in [5, 5.41) is 3.01. The molecule has 1 saturated heterocycles. The van der Waals surface area contributed by atoms with Crippen molar-refractivity contribution in [2.24, 2.45) is 0 Å². The molecule has 2 heterocycles. The van der Waals surface area contributed by atoms with Crippen LogP contribution in [0.1, 0.15) is 50.5 Å². The molecule has 2 aliphatic rings. The van der Waals surface area contributed by atoms with Gasteiger partial charge in [-0.15, -0.1) is 0 Å². The third-order valence-corrected chi connectivity index (χ3v) is 4.88. The molecule has 0 aromatic carbocycles. The van der Waals surface area contributed by atoms with E-state index in [9.17, 15) is 9.59 Å². The summed E-state index contributed by atoms with van der Waals surface area (Å²) in [6.45, 7) is 0.669. The zero-order valence-electron chi connectivity index (χ0n) is 13.5. The number of carbonyl (C=O) groups is 2. The Labute approximate surface area is 137 Å². The number of amides is 2. The van der Waals surface area contributed by atoms with Crippen LogP contribution in [-0.2, 0) is 16.0 Å². The molecule has 1 N–H and O–H groups in total. The van der Waals surface area contributed by atoms with Crippen LogP contribution in [0.2, 0.25) is 0 Å². The minimum Gasteiger partial charge on any atom is -0.351 e. The van der Waals surface area contributed by atoms with E-state index in [0.29, 0.717) is 25.4 Å². The Morgan fingerprint density at radius 3 is 2.74 bits per heavy atom. The zero-order chi connectivity index (χ0) is 16.1. The summed E-state index contributed by atoms with van der Waals surface area (Å²) in [7, 11) is 0. The Morgan fingerprint density at radius 2 is 2.04 bits per heavy atom. The molecule has 0 unspecified atom stereocenters. The molecule has 2 amide bonds. The Kier molecular flexibility index (Phi) is 5.26. The number of likely N-dealkylation sites (tertiary alicyclic amines) is 1. The van der Waals surface area contributed by atoms with Crippen molar-refractivity contribution in [3.05, 3.63) is 30.1 Å². The van der Waals surface area contributed by atoms with Gasteiger partial charge in [0, 0.05) is 31.4 Å². The normalized spacial score (nSPS) is 22.9. The molecule has 0 spiro atoms. The number of nitrogens with zero attached hydrogens (tertiary/aromatic N) is 2. The van der Waals surface area contributed by atoms with E-state index < -0.39 is 0 Å². The third-order valence-electron chi connectivity index (χ3n) is 4.88. The van der Waals surface area contributed by atoms with Crippen LogP contribution in [0.3, 0.4) is 0 Å². The lowest BCUT2D eigenvalue weighted by molar-refractivity contribution is -0.129. The highest BCUT2D eigenvalue weighted by atomic mass is 16.2.